The molecule has 0 radical (unpaired) electrons. The van der Waals surface area contributed by atoms with Gasteiger partial charge in [-0.2, -0.15) is 13.2 Å². The van der Waals surface area contributed by atoms with Gasteiger partial charge in [0, 0.05) is 5.56 Å². The molecule has 4 nitrogen and oxygen atoms in total. The van der Waals surface area contributed by atoms with Crippen LogP contribution < -0.4 is 4.74 Å². The molecule has 1 atom stereocenters. The highest BCUT2D eigenvalue weighted by molar-refractivity contribution is 6.06. The second-order valence-corrected chi connectivity index (χ2v) is 5.41. The van der Waals surface area contributed by atoms with E-state index in [1.54, 1.807) is 0 Å². The predicted octanol–water partition coefficient (Wildman–Crippen LogP) is 4.45. The molecule has 0 aliphatic carbocycles. The van der Waals surface area contributed by atoms with Crippen molar-refractivity contribution in [2.45, 2.75) is 19.2 Å². The summed E-state index contributed by atoms with van der Waals surface area (Å²) in [4.78, 5) is 22.8. The second-order valence-electron chi connectivity index (χ2n) is 5.41. The lowest BCUT2D eigenvalue weighted by atomic mass is 10.0. The monoisotopic (exact) mass is 364 g/mol. The minimum absolute atomic E-state index is 0.108. The molecule has 0 aliphatic rings. The molecule has 0 saturated heterocycles. The van der Waals surface area contributed by atoms with Gasteiger partial charge in [0.15, 0.2) is 11.9 Å². The van der Waals surface area contributed by atoms with E-state index in [0.717, 1.165) is 18.2 Å². The lowest BCUT2D eigenvalue weighted by Gasteiger charge is -2.10. The zero-order valence-electron chi connectivity index (χ0n) is 13.7. The van der Waals surface area contributed by atoms with E-state index < -0.39 is 29.6 Å². The number of carbonyl (C=O) groups is 2. The van der Waals surface area contributed by atoms with Crippen LogP contribution in [0.15, 0.2) is 54.6 Å². The van der Waals surface area contributed by atoms with Crippen molar-refractivity contribution in [3.63, 3.8) is 0 Å². The van der Waals surface area contributed by atoms with E-state index in [0.29, 0.717) is 0 Å². The maximum absolute atomic E-state index is 12.9. The minimum atomic E-state index is -4.51. The zero-order valence-corrected chi connectivity index (χ0v) is 13.7. The smallest absolute Gasteiger partial charge is 0.416 e. The number of carboxylic acid groups (broad SMARTS) is 1. The van der Waals surface area contributed by atoms with Crippen LogP contribution in [0, 0.1) is 0 Å². The summed E-state index contributed by atoms with van der Waals surface area (Å²) in [7, 11) is 0. The van der Waals surface area contributed by atoms with E-state index in [2.05, 4.69) is 0 Å². The van der Waals surface area contributed by atoms with Gasteiger partial charge in [-0.25, -0.2) is 4.79 Å². The van der Waals surface area contributed by atoms with Crippen molar-refractivity contribution in [1.82, 2.24) is 0 Å². The van der Waals surface area contributed by atoms with E-state index in [1.165, 1.54) is 49.4 Å². The van der Waals surface area contributed by atoms with Crippen molar-refractivity contribution in [3.8, 4) is 5.75 Å². The Morgan fingerprint density at radius 1 is 1.08 bits per heavy atom. The third kappa shape index (κ3) is 4.95. The highest BCUT2D eigenvalue weighted by atomic mass is 19.4. The molecule has 0 fully saturated rings. The number of alkyl halides is 3. The number of benzene rings is 2. The van der Waals surface area contributed by atoms with Gasteiger partial charge >= 0.3 is 12.1 Å². The Balaban J connectivity index is 2.13. The van der Waals surface area contributed by atoms with Crippen molar-refractivity contribution in [2.24, 2.45) is 0 Å². The summed E-state index contributed by atoms with van der Waals surface area (Å²) in [6.45, 7) is 1.36. The standard InChI is InChI=1S/C19H15F3O4/c1-12(18(24)25)26-15-9-6-14(7-10-15)17(23)11-8-13-4-2-3-5-16(13)19(20,21)22/h2-12H,1H3,(H,24,25)/b11-8-/t12-/m1/s1. The number of aliphatic carboxylic acids is 1. The van der Waals surface area contributed by atoms with Crippen LogP contribution in [0.5, 0.6) is 5.75 Å². The van der Waals surface area contributed by atoms with Crippen LogP contribution in [0.2, 0.25) is 0 Å². The molecule has 0 aromatic heterocycles. The van der Waals surface area contributed by atoms with Gasteiger partial charge in [0.05, 0.1) is 5.56 Å². The molecule has 2 aromatic carbocycles. The van der Waals surface area contributed by atoms with Crippen molar-refractivity contribution in [1.29, 1.82) is 0 Å². The summed E-state index contributed by atoms with van der Waals surface area (Å²) in [6, 6.07) is 10.6. The highest BCUT2D eigenvalue weighted by Crippen LogP contribution is 2.32. The Hall–Kier alpha value is -3.09. The minimum Gasteiger partial charge on any atom is -0.479 e. The molecule has 0 heterocycles. The number of rotatable bonds is 6. The van der Waals surface area contributed by atoms with Gasteiger partial charge in [-0.15, -0.1) is 0 Å². The molecule has 0 spiro atoms. The van der Waals surface area contributed by atoms with E-state index in [4.69, 9.17) is 9.84 Å². The first-order valence-corrected chi connectivity index (χ1v) is 7.56. The maximum Gasteiger partial charge on any atom is 0.416 e. The summed E-state index contributed by atoms with van der Waals surface area (Å²) < 4.78 is 43.9. The lowest BCUT2D eigenvalue weighted by molar-refractivity contribution is -0.144. The number of ether oxygens (including phenoxy) is 1. The molecule has 2 rings (SSSR count). The summed E-state index contributed by atoms with van der Waals surface area (Å²) >= 11 is 0. The van der Waals surface area contributed by atoms with Crippen LogP contribution in [0.25, 0.3) is 6.08 Å². The maximum atomic E-state index is 12.9. The molecule has 0 saturated carbocycles. The number of carboxylic acids is 1. The van der Waals surface area contributed by atoms with Gasteiger partial charge in [-0.1, -0.05) is 24.3 Å². The van der Waals surface area contributed by atoms with Crippen LogP contribution in [0.1, 0.15) is 28.4 Å². The summed E-state index contributed by atoms with van der Waals surface area (Å²) in [5, 5.41) is 8.78. The molecular weight excluding hydrogens is 349 g/mol. The van der Waals surface area contributed by atoms with Crippen molar-refractivity contribution in [2.75, 3.05) is 0 Å². The third-order valence-corrected chi connectivity index (χ3v) is 3.48. The van der Waals surface area contributed by atoms with E-state index in [-0.39, 0.29) is 16.9 Å². The molecule has 1 N–H and O–H groups in total. The average Bonchev–Trinajstić information content (AvgIpc) is 2.59. The van der Waals surface area contributed by atoms with Gasteiger partial charge < -0.3 is 9.84 Å². The average molecular weight is 364 g/mol. The molecule has 2 aromatic rings. The van der Waals surface area contributed by atoms with Gasteiger partial charge in [-0.05, 0) is 48.9 Å². The second kappa shape index (κ2) is 7.86. The Morgan fingerprint density at radius 3 is 2.27 bits per heavy atom. The Labute approximate surface area is 147 Å². The van der Waals surface area contributed by atoms with Crippen LogP contribution in [0.4, 0.5) is 13.2 Å². The third-order valence-electron chi connectivity index (χ3n) is 3.48. The highest BCUT2D eigenvalue weighted by Gasteiger charge is 2.32. The fourth-order valence-electron chi connectivity index (χ4n) is 2.11. The summed E-state index contributed by atoms with van der Waals surface area (Å²) in [6.07, 6.45) is -3.39. The Kier molecular flexibility index (Phi) is 5.82. The number of hydrogen-bond donors (Lipinski definition) is 1. The predicted molar refractivity (Wildman–Crippen MR) is 89.0 cm³/mol. The van der Waals surface area contributed by atoms with Gasteiger partial charge in [0.25, 0.3) is 0 Å². The van der Waals surface area contributed by atoms with Gasteiger partial charge in [0.1, 0.15) is 5.75 Å². The summed E-state index contributed by atoms with van der Waals surface area (Å²) in [5.74, 6) is -1.35. The number of carbonyl (C=O) groups excluding carboxylic acids is 1. The fourth-order valence-corrected chi connectivity index (χ4v) is 2.11. The quantitative estimate of drug-likeness (QED) is 0.607. The Bertz CT molecular complexity index is 823. The van der Waals surface area contributed by atoms with Gasteiger partial charge in [-0.3, -0.25) is 4.79 Å². The molecular formula is C19H15F3O4. The van der Waals surface area contributed by atoms with Crippen molar-refractivity contribution in [3.05, 3.63) is 71.3 Å². The van der Waals surface area contributed by atoms with E-state index >= 15 is 0 Å². The first kappa shape index (κ1) is 19.2. The largest absolute Gasteiger partial charge is 0.479 e. The topological polar surface area (TPSA) is 63.6 Å². The number of halogens is 3. The number of ketones is 1. The van der Waals surface area contributed by atoms with Crippen LogP contribution in [-0.2, 0) is 11.0 Å². The molecule has 136 valence electrons. The lowest BCUT2D eigenvalue weighted by Crippen LogP contribution is -2.22. The first-order valence-electron chi connectivity index (χ1n) is 7.56. The molecule has 0 aliphatic heterocycles. The Morgan fingerprint density at radius 2 is 1.69 bits per heavy atom. The summed E-state index contributed by atoms with van der Waals surface area (Å²) in [5.41, 5.74) is -0.694. The molecule has 0 amide bonds. The SMILES string of the molecule is C[C@@H](Oc1ccc(C(=O)/C=C\c2ccccc2C(F)(F)F)cc1)C(=O)O. The van der Waals surface area contributed by atoms with Crippen molar-refractivity contribution >= 4 is 17.8 Å². The first-order chi connectivity index (χ1) is 12.2. The van der Waals surface area contributed by atoms with Crippen LogP contribution in [0.3, 0.4) is 0 Å². The van der Waals surface area contributed by atoms with Crippen LogP contribution >= 0.6 is 0 Å². The van der Waals surface area contributed by atoms with Crippen molar-refractivity contribution < 1.29 is 32.6 Å². The molecule has 26 heavy (non-hydrogen) atoms. The van der Waals surface area contributed by atoms with Crippen LogP contribution in [-0.4, -0.2) is 23.0 Å². The molecule has 0 unspecified atom stereocenters. The number of hydrogen-bond acceptors (Lipinski definition) is 3. The normalized spacial score (nSPS) is 12.8. The zero-order chi connectivity index (χ0) is 19.3. The molecule has 0 bridgehead atoms. The molecule has 7 heteroatoms. The van der Waals surface area contributed by atoms with E-state index in [1.807, 2.05) is 0 Å². The van der Waals surface area contributed by atoms with Gasteiger partial charge in [0.2, 0.25) is 0 Å². The number of allylic oxidation sites excluding steroid dienone is 1. The fraction of sp³-hybridized carbons (Fsp3) is 0.158. The van der Waals surface area contributed by atoms with E-state index in [9.17, 15) is 22.8 Å².